The molecular formula is C6H8N2O2. The lowest BCUT2D eigenvalue weighted by atomic mass is 10.4. The van der Waals surface area contributed by atoms with Crippen LogP contribution >= 0.6 is 0 Å². The lowest BCUT2D eigenvalue weighted by molar-refractivity contribution is -0.418. The Hall–Kier alpha value is -1.58. The summed E-state index contributed by atoms with van der Waals surface area (Å²) in [6.45, 7) is 6.46. The largest absolute Gasteiger partial charge is 0.399 e. The van der Waals surface area contributed by atoms with Gasteiger partial charge in [0.2, 0.25) is 0 Å². The van der Waals surface area contributed by atoms with Crippen LogP contribution in [0.1, 0.15) is 0 Å². The van der Waals surface area contributed by atoms with Crippen molar-refractivity contribution in [1.82, 2.24) is 0 Å². The lowest BCUT2D eigenvalue weighted by Crippen LogP contribution is -1.94. The molecule has 2 N–H and O–H groups in total. The number of allylic oxidation sites excluding steroid dienone is 2. The number of rotatable bonds is 3. The minimum Gasteiger partial charge on any atom is -0.399 e. The molecule has 10 heavy (non-hydrogen) atoms. The van der Waals surface area contributed by atoms with Crippen molar-refractivity contribution in [1.29, 1.82) is 0 Å². The van der Waals surface area contributed by atoms with Crippen LogP contribution in [-0.2, 0) is 0 Å². The predicted octanol–water partition coefficient (Wildman–Crippen LogP) is 0.805. The smallest absolute Gasteiger partial charge is 0.262 e. The fourth-order valence-electron chi connectivity index (χ4n) is 0.264. The van der Waals surface area contributed by atoms with E-state index >= 15 is 0 Å². The molecule has 0 unspecified atom stereocenters. The Morgan fingerprint density at radius 3 is 2.30 bits per heavy atom. The Balaban J connectivity index is 4.03. The van der Waals surface area contributed by atoms with Crippen LogP contribution in [0, 0.1) is 10.1 Å². The van der Waals surface area contributed by atoms with Crippen molar-refractivity contribution in [3.63, 3.8) is 0 Å². The van der Waals surface area contributed by atoms with Crippen LogP contribution in [0.4, 0.5) is 0 Å². The Kier molecular flexibility index (Phi) is 2.90. The Labute approximate surface area is 58.5 Å². The molecule has 54 valence electrons. The third-order valence-corrected chi connectivity index (χ3v) is 0.724. The van der Waals surface area contributed by atoms with Crippen molar-refractivity contribution < 1.29 is 4.92 Å². The third kappa shape index (κ3) is 3.43. The molecule has 4 heteroatoms. The SMILES string of the molecule is C=C(N)/C=C\C(=C)[N+](=O)[O-]. The zero-order valence-corrected chi connectivity index (χ0v) is 5.41. The molecule has 0 aliphatic carbocycles. The highest BCUT2D eigenvalue weighted by molar-refractivity contribution is 5.17. The zero-order valence-electron chi connectivity index (χ0n) is 5.41. The van der Waals surface area contributed by atoms with E-state index in [0.717, 1.165) is 0 Å². The summed E-state index contributed by atoms with van der Waals surface area (Å²) < 4.78 is 0. The maximum atomic E-state index is 9.90. The van der Waals surface area contributed by atoms with Crippen molar-refractivity contribution in [2.45, 2.75) is 0 Å². The second-order valence-electron chi connectivity index (χ2n) is 1.66. The van der Waals surface area contributed by atoms with Gasteiger partial charge in [-0.3, -0.25) is 10.1 Å². The van der Waals surface area contributed by atoms with Gasteiger partial charge in [0, 0.05) is 11.8 Å². The first kappa shape index (κ1) is 8.42. The van der Waals surface area contributed by atoms with Crippen LogP contribution in [0.15, 0.2) is 36.7 Å². The second kappa shape index (κ2) is 3.45. The Bertz CT molecular complexity index is 206. The molecule has 0 fully saturated rings. The topological polar surface area (TPSA) is 69.2 Å². The van der Waals surface area contributed by atoms with Gasteiger partial charge in [-0.2, -0.15) is 0 Å². The molecule has 0 bridgehead atoms. The van der Waals surface area contributed by atoms with Crippen LogP contribution < -0.4 is 5.73 Å². The maximum Gasteiger partial charge on any atom is 0.262 e. The van der Waals surface area contributed by atoms with Gasteiger partial charge < -0.3 is 5.73 Å². The van der Waals surface area contributed by atoms with Gasteiger partial charge in [-0.05, 0) is 12.7 Å². The quantitative estimate of drug-likeness (QED) is 0.358. The third-order valence-electron chi connectivity index (χ3n) is 0.724. The van der Waals surface area contributed by atoms with Crippen LogP contribution in [-0.4, -0.2) is 4.92 Å². The average molecular weight is 140 g/mol. The van der Waals surface area contributed by atoms with Crippen molar-refractivity contribution in [2.24, 2.45) is 5.73 Å². The van der Waals surface area contributed by atoms with E-state index in [2.05, 4.69) is 13.2 Å². The molecule has 0 spiro atoms. The summed E-state index contributed by atoms with van der Waals surface area (Å²) in [6, 6.07) is 0. The highest BCUT2D eigenvalue weighted by Gasteiger charge is 1.97. The molecule has 0 aromatic carbocycles. The summed E-state index contributed by atoms with van der Waals surface area (Å²) >= 11 is 0. The summed E-state index contributed by atoms with van der Waals surface area (Å²) in [4.78, 5) is 9.30. The maximum absolute atomic E-state index is 9.90. The molecule has 0 saturated carbocycles. The van der Waals surface area contributed by atoms with E-state index < -0.39 is 4.92 Å². The molecule has 0 atom stereocenters. The Morgan fingerprint density at radius 2 is 2.00 bits per heavy atom. The first-order valence-corrected chi connectivity index (χ1v) is 2.50. The molecule has 0 aromatic heterocycles. The highest BCUT2D eigenvalue weighted by atomic mass is 16.6. The molecule has 0 heterocycles. The molecule has 4 nitrogen and oxygen atoms in total. The predicted molar refractivity (Wildman–Crippen MR) is 38.6 cm³/mol. The fourth-order valence-corrected chi connectivity index (χ4v) is 0.264. The van der Waals surface area contributed by atoms with Crippen LogP contribution in [0.2, 0.25) is 0 Å². The minimum absolute atomic E-state index is 0.202. The molecule has 0 rings (SSSR count). The number of nitrogens with two attached hydrogens (primary N) is 1. The van der Waals surface area contributed by atoms with Crippen molar-refractivity contribution in [2.75, 3.05) is 0 Å². The summed E-state index contributed by atoms with van der Waals surface area (Å²) in [7, 11) is 0. The standard InChI is InChI=1S/C6H8N2O2/c1-5(7)3-4-6(2)8(9)10/h3-4H,1-2,7H2/b4-3-. The molecule has 0 radical (unpaired) electrons. The van der Waals surface area contributed by atoms with Crippen molar-refractivity contribution >= 4 is 0 Å². The van der Waals surface area contributed by atoms with E-state index in [9.17, 15) is 10.1 Å². The van der Waals surface area contributed by atoms with Gasteiger partial charge >= 0.3 is 0 Å². The van der Waals surface area contributed by atoms with Crippen molar-refractivity contribution in [3.05, 3.63) is 46.8 Å². The van der Waals surface area contributed by atoms with E-state index in [1.54, 1.807) is 0 Å². The second-order valence-corrected chi connectivity index (χ2v) is 1.66. The van der Waals surface area contributed by atoms with Gasteiger partial charge in [-0.15, -0.1) is 0 Å². The van der Waals surface area contributed by atoms with Gasteiger partial charge in [-0.25, -0.2) is 0 Å². The monoisotopic (exact) mass is 140 g/mol. The first-order valence-electron chi connectivity index (χ1n) is 2.50. The number of hydrogen-bond donors (Lipinski definition) is 1. The molecule has 0 aromatic rings. The summed E-state index contributed by atoms with van der Waals surface area (Å²) in [5.41, 5.74) is 5.16. The Morgan fingerprint density at radius 1 is 1.50 bits per heavy atom. The first-order chi connectivity index (χ1) is 4.54. The lowest BCUT2D eigenvalue weighted by Gasteiger charge is -1.86. The van der Waals surface area contributed by atoms with Crippen LogP contribution in [0.25, 0.3) is 0 Å². The van der Waals surface area contributed by atoms with E-state index in [4.69, 9.17) is 5.73 Å². The number of hydrogen-bond acceptors (Lipinski definition) is 3. The average Bonchev–Trinajstić information content (AvgIpc) is 1.82. The van der Waals surface area contributed by atoms with Gasteiger partial charge in [0.15, 0.2) is 0 Å². The van der Waals surface area contributed by atoms with Gasteiger partial charge in [0.05, 0.1) is 4.92 Å². The summed E-state index contributed by atoms with van der Waals surface area (Å²) in [6.07, 6.45) is 2.52. The molecule has 0 aliphatic rings. The van der Waals surface area contributed by atoms with Gasteiger partial charge in [0.25, 0.3) is 5.70 Å². The summed E-state index contributed by atoms with van der Waals surface area (Å²) in [5.74, 6) is 0. The van der Waals surface area contributed by atoms with E-state index in [0.29, 0.717) is 0 Å². The van der Waals surface area contributed by atoms with Gasteiger partial charge in [0.1, 0.15) is 0 Å². The zero-order chi connectivity index (χ0) is 8.15. The molecule has 0 saturated heterocycles. The molecule has 0 amide bonds. The normalized spacial score (nSPS) is 9.60. The van der Waals surface area contributed by atoms with E-state index in [-0.39, 0.29) is 11.4 Å². The van der Waals surface area contributed by atoms with Gasteiger partial charge in [-0.1, -0.05) is 6.58 Å². The van der Waals surface area contributed by atoms with Crippen LogP contribution in [0.3, 0.4) is 0 Å². The number of nitro groups is 1. The minimum atomic E-state index is -0.598. The van der Waals surface area contributed by atoms with Crippen LogP contribution in [0.5, 0.6) is 0 Å². The highest BCUT2D eigenvalue weighted by Crippen LogP contribution is 1.93. The molecule has 0 aliphatic heterocycles. The van der Waals surface area contributed by atoms with E-state index in [1.165, 1.54) is 12.2 Å². The molecular weight excluding hydrogens is 132 g/mol. The number of nitrogens with zero attached hydrogens (tertiary/aromatic N) is 1. The summed E-state index contributed by atoms with van der Waals surface area (Å²) in [5, 5.41) is 9.90. The van der Waals surface area contributed by atoms with Crippen molar-refractivity contribution in [3.8, 4) is 0 Å². The van der Waals surface area contributed by atoms with E-state index in [1.807, 2.05) is 0 Å². The fraction of sp³-hybridized carbons (Fsp3) is 0.